The van der Waals surface area contributed by atoms with Gasteiger partial charge in [-0.25, -0.2) is 4.98 Å². The molecule has 5 heteroatoms. The van der Waals surface area contributed by atoms with Crippen molar-refractivity contribution in [3.63, 3.8) is 0 Å². The summed E-state index contributed by atoms with van der Waals surface area (Å²) in [4.78, 5) is 15.2. The number of aromatic nitrogens is 4. The van der Waals surface area contributed by atoms with Gasteiger partial charge in [-0.1, -0.05) is 135 Å². The van der Waals surface area contributed by atoms with Crippen molar-refractivity contribution in [3.8, 4) is 51.0 Å². The van der Waals surface area contributed by atoms with Gasteiger partial charge in [0.15, 0.2) is 11.6 Å². The van der Waals surface area contributed by atoms with Crippen LogP contribution in [0.1, 0.15) is 25.0 Å². The molecule has 3 heterocycles. The Morgan fingerprint density at radius 3 is 1.79 bits per heavy atom. The molecular weight excluding hydrogens is 649 g/mol. The molecule has 0 radical (unpaired) electrons. The molecule has 1 aliphatic rings. The quantitative estimate of drug-likeness (QED) is 0.186. The van der Waals surface area contributed by atoms with Gasteiger partial charge in [-0.2, -0.15) is 9.97 Å². The Balaban J connectivity index is 1.09. The monoisotopic (exact) mass is 680 g/mol. The molecule has 5 nitrogen and oxygen atoms in total. The van der Waals surface area contributed by atoms with Gasteiger partial charge in [0, 0.05) is 38.1 Å². The summed E-state index contributed by atoms with van der Waals surface area (Å²) in [7, 11) is 0. The molecule has 1 aliphatic carbocycles. The number of fused-ring (bicyclic) bond motifs is 9. The minimum Gasteiger partial charge on any atom is -0.456 e. The van der Waals surface area contributed by atoms with Crippen LogP contribution in [-0.2, 0) is 5.41 Å². The Labute approximate surface area is 305 Å². The van der Waals surface area contributed by atoms with Crippen LogP contribution >= 0.6 is 0 Å². The lowest BCUT2D eigenvalue weighted by molar-refractivity contribution is 0.647. The van der Waals surface area contributed by atoms with Gasteiger partial charge < -0.3 is 4.42 Å². The first-order chi connectivity index (χ1) is 26.0. The van der Waals surface area contributed by atoms with Crippen molar-refractivity contribution in [2.75, 3.05) is 0 Å². The number of para-hydroxylation sites is 1. The van der Waals surface area contributed by atoms with E-state index in [0.29, 0.717) is 17.6 Å². The maximum atomic E-state index is 6.64. The zero-order valence-corrected chi connectivity index (χ0v) is 29.2. The molecule has 0 spiro atoms. The highest BCUT2D eigenvalue weighted by atomic mass is 16.3. The molecule has 11 rings (SSSR count). The molecule has 0 saturated carbocycles. The van der Waals surface area contributed by atoms with E-state index in [-0.39, 0.29) is 5.41 Å². The summed E-state index contributed by atoms with van der Waals surface area (Å²) in [6.45, 7) is 4.61. The predicted molar refractivity (Wildman–Crippen MR) is 215 cm³/mol. The number of benzene rings is 7. The molecular formula is C48H32N4O. The third-order valence-corrected chi connectivity index (χ3v) is 11.1. The van der Waals surface area contributed by atoms with Crippen molar-refractivity contribution in [3.05, 3.63) is 169 Å². The van der Waals surface area contributed by atoms with Crippen LogP contribution in [0.15, 0.2) is 162 Å². The molecule has 0 bridgehead atoms. The first kappa shape index (κ1) is 29.8. The fraction of sp³-hybridized carbons (Fsp3) is 0.0625. The number of furan rings is 1. The summed E-state index contributed by atoms with van der Waals surface area (Å²) in [6.07, 6.45) is 0. The lowest BCUT2D eigenvalue weighted by atomic mass is 9.82. The normalized spacial score (nSPS) is 13.2. The van der Waals surface area contributed by atoms with E-state index in [9.17, 15) is 0 Å². The summed E-state index contributed by atoms with van der Waals surface area (Å²) in [5.74, 6) is 1.83. The van der Waals surface area contributed by atoms with Gasteiger partial charge in [-0.3, -0.25) is 4.57 Å². The molecule has 250 valence electrons. The third kappa shape index (κ3) is 4.47. The van der Waals surface area contributed by atoms with Crippen molar-refractivity contribution >= 4 is 43.7 Å². The largest absolute Gasteiger partial charge is 0.456 e. The average Bonchev–Trinajstić information content (AvgIpc) is 3.82. The van der Waals surface area contributed by atoms with E-state index >= 15 is 0 Å². The molecule has 0 aliphatic heterocycles. The van der Waals surface area contributed by atoms with E-state index in [1.165, 1.54) is 22.3 Å². The van der Waals surface area contributed by atoms with Gasteiger partial charge in [0.05, 0.1) is 11.0 Å². The minimum absolute atomic E-state index is 0.0830. The van der Waals surface area contributed by atoms with Crippen LogP contribution in [-0.4, -0.2) is 19.5 Å². The smallest absolute Gasteiger partial charge is 0.238 e. The summed E-state index contributed by atoms with van der Waals surface area (Å²) in [5.41, 5.74) is 13.1. The molecule has 0 unspecified atom stereocenters. The highest BCUT2D eigenvalue weighted by Crippen LogP contribution is 2.50. The van der Waals surface area contributed by atoms with E-state index in [4.69, 9.17) is 19.4 Å². The molecule has 53 heavy (non-hydrogen) atoms. The maximum absolute atomic E-state index is 6.64. The summed E-state index contributed by atoms with van der Waals surface area (Å²) >= 11 is 0. The van der Waals surface area contributed by atoms with Gasteiger partial charge in [-0.15, -0.1) is 0 Å². The minimum atomic E-state index is -0.0830. The van der Waals surface area contributed by atoms with E-state index in [2.05, 4.69) is 115 Å². The Kier molecular flexibility index (Phi) is 6.23. The van der Waals surface area contributed by atoms with Gasteiger partial charge in [0.25, 0.3) is 0 Å². The summed E-state index contributed by atoms with van der Waals surface area (Å²) in [6, 6.07) is 55.3. The van der Waals surface area contributed by atoms with Crippen LogP contribution < -0.4 is 0 Å². The second kappa shape index (κ2) is 11.1. The number of rotatable bonds is 4. The molecule has 3 aromatic heterocycles. The third-order valence-electron chi connectivity index (χ3n) is 11.1. The number of nitrogens with zero attached hydrogens (tertiary/aromatic N) is 4. The van der Waals surface area contributed by atoms with Gasteiger partial charge in [0.2, 0.25) is 5.95 Å². The van der Waals surface area contributed by atoms with E-state index < -0.39 is 0 Å². The maximum Gasteiger partial charge on any atom is 0.238 e. The first-order valence-corrected chi connectivity index (χ1v) is 18.0. The summed E-state index contributed by atoms with van der Waals surface area (Å²) < 4.78 is 8.82. The van der Waals surface area contributed by atoms with E-state index in [1.54, 1.807) is 0 Å². The van der Waals surface area contributed by atoms with E-state index in [1.807, 2.05) is 60.7 Å². The Morgan fingerprint density at radius 1 is 0.434 bits per heavy atom. The van der Waals surface area contributed by atoms with Crippen LogP contribution in [0.4, 0.5) is 0 Å². The zero-order valence-electron chi connectivity index (χ0n) is 29.2. The zero-order chi connectivity index (χ0) is 35.3. The number of hydrogen-bond donors (Lipinski definition) is 0. The van der Waals surface area contributed by atoms with Crippen molar-refractivity contribution < 1.29 is 4.42 Å². The van der Waals surface area contributed by atoms with Crippen molar-refractivity contribution in [2.24, 2.45) is 0 Å². The molecule has 10 aromatic rings. The number of hydrogen-bond acceptors (Lipinski definition) is 4. The van der Waals surface area contributed by atoms with Crippen LogP contribution in [0.2, 0.25) is 0 Å². The fourth-order valence-electron chi connectivity index (χ4n) is 8.41. The van der Waals surface area contributed by atoms with Crippen LogP contribution in [0.5, 0.6) is 0 Å². The Morgan fingerprint density at radius 2 is 1.04 bits per heavy atom. The first-order valence-electron chi connectivity index (χ1n) is 18.0. The van der Waals surface area contributed by atoms with Crippen LogP contribution in [0, 0.1) is 0 Å². The highest BCUT2D eigenvalue weighted by Gasteiger charge is 2.36. The average molecular weight is 681 g/mol. The van der Waals surface area contributed by atoms with Crippen LogP contribution in [0.3, 0.4) is 0 Å². The van der Waals surface area contributed by atoms with Crippen LogP contribution in [0.25, 0.3) is 94.7 Å². The summed E-state index contributed by atoms with van der Waals surface area (Å²) in [5, 5.41) is 4.54. The van der Waals surface area contributed by atoms with Gasteiger partial charge in [-0.05, 0) is 69.8 Å². The van der Waals surface area contributed by atoms with Crippen molar-refractivity contribution in [2.45, 2.75) is 19.3 Å². The molecule has 0 N–H and O–H groups in total. The molecule has 0 atom stereocenters. The standard InChI is InChI=1S/C48H32N4O/c1-48(2)39-19-11-9-17-33(39)37-27-38-36-24-22-32(26-43(36)53-44(38)28-40(37)48)31-21-23-35-34-18-10-12-20-41(34)52(42(35)25-31)47-50-45(29-13-5-3-6-14-29)49-46(51-47)30-15-7-4-8-16-30/h3-28H,1-2H3. The molecule has 0 amide bonds. The Hall–Kier alpha value is -6.85. The SMILES string of the molecule is CC1(C)c2ccccc2-c2cc3c(cc21)oc1cc(-c2ccc4c5ccccc5n(-c5nc(-c6ccccc6)nc(-c6ccccc6)n5)c4c2)ccc13. The van der Waals surface area contributed by atoms with Gasteiger partial charge in [0.1, 0.15) is 11.2 Å². The van der Waals surface area contributed by atoms with Crippen molar-refractivity contribution in [1.29, 1.82) is 0 Å². The molecule has 0 saturated heterocycles. The fourth-order valence-corrected chi connectivity index (χ4v) is 8.41. The lowest BCUT2D eigenvalue weighted by Crippen LogP contribution is -2.14. The lowest BCUT2D eigenvalue weighted by Gasteiger charge is -2.21. The topological polar surface area (TPSA) is 56.7 Å². The molecule has 0 fully saturated rings. The second-order valence-corrected chi connectivity index (χ2v) is 14.5. The Bertz CT molecular complexity index is 3020. The highest BCUT2D eigenvalue weighted by molar-refractivity contribution is 6.11. The second-order valence-electron chi connectivity index (χ2n) is 14.5. The van der Waals surface area contributed by atoms with E-state index in [0.717, 1.165) is 66.0 Å². The van der Waals surface area contributed by atoms with Gasteiger partial charge >= 0.3 is 0 Å². The predicted octanol–water partition coefficient (Wildman–Crippen LogP) is 12.2. The van der Waals surface area contributed by atoms with Crippen molar-refractivity contribution in [1.82, 2.24) is 19.5 Å². The molecule has 7 aromatic carbocycles.